The lowest BCUT2D eigenvalue weighted by Crippen LogP contribution is -2.38. The molecule has 1 heterocycles. The van der Waals surface area contributed by atoms with Gasteiger partial charge in [-0.25, -0.2) is 4.99 Å². The summed E-state index contributed by atoms with van der Waals surface area (Å²) in [5.41, 5.74) is 7.75. The number of nitrogens with two attached hydrogens (primary N) is 1. The summed E-state index contributed by atoms with van der Waals surface area (Å²) in [6.45, 7) is 9.63. The molecule has 27 heavy (non-hydrogen) atoms. The molecule has 0 saturated carbocycles. The normalized spacial score (nSPS) is 12.9. The highest BCUT2D eigenvalue weighted by atomic mass is 16.3. The Morgan fingerprint density at radius 3 is 2.41 bits per heavy atom. The molecule has 4 N–H and O–H groups in total. The molecule has 1 unspecified atom stereocenters. The van der Waals surface area contributed by atoms with Crippen LogP contribution in [0.3, 0.4) is 0 Å². The molecule has 2 aromatic rings. The van der Waals surface area contributed by atoms with Crippen LogP contribution in [0, 0.1) is 5.92 Å². The van der Waals surface area contributed by atoms with Gasteiger partial charge in [-0.15, -0.1) is 0 Å². The van der Waals surface area contributed by atoms with Crippen LogP contribution in [0.5, 0.6) is 0 Å². The first-order chi connectivity index (χ1) is 12.9. The number of rotatable bonds is 8. The largest absolute Gasteiger partial charge is 0.454 e. The van der Waals surface area contributed by atoms with Crippen molar-refractivity contribution >= 4 is 11.9 Å². The Labute approximate surface area is 161 Å². The Kier molecular flexibility index (Phi) is 7.46. The molecule has 0 fully saturated rings. The minimum Gasteiger partial charge on any atom is -0.454 e. The zero-order chi connectivity index (χ0) is 19.8. The molecule has 0 radical (unpaired) electrons. The van der Waals surface area contributed by atoms with Gasteiger partial charge in [-0.3, -0.25) is 4.79 Å². The number of carbonyl (C=O) groups excluding carboxylic acids is 1. The van der Waals surface area contributed by atoms with Crippen LogP contribution >= 0.6 is 0 Å². The van der Waals surface area contributed by atoms with Gasteiger partial charge in [-0.05, 0) is 49.4 Å². The molecule has 0 saturated heterocycles. The SMILES string of the molecule is CCNC(=NCc1ccc(C(N)=O)o1)NC(C)c1ccc(CC(C)C)cc1. The molecule has 1 amide bonds. The van der Waals surface area contributed by atoms with E-state index in [-0.39, 0.29) is 11.8 Å². The molecule has 6 nitrogen and oxygen atoms in total. The molecule has 1 atom stereocenters. The van der Waals surface area contributed by atoms with Gasteiger partial charge in [0.25, 0.3) is 5.91 Å². The van der Waals surface area contributed by atoms with E-state index in [4.69, 9.17) is 10.2 Å². The van der Waals surface area contributed by atoms with Crippen LogP contribution in [0.15, 0.2) is 45.8 Å². The minimum atomic E-state index is -0.579. The highest BCUT2D eigenvalue weighted by molar-refractivity contribution is 5.89. The van der Waals surface area contributed by atoms with Crippen LogP contribution in [0.1, 0.15) is 61.2 Å². The third-order valence-electron chi connectivity index (χ3n) is 4.12. The second kappa shape index (κ2) is 9.80. The average molecular weight is 370 g/mol. The summed E-state index contributed by atoms with van der Waals surface area (Å²) in [4.78, 5) is 15.6. The lowest BCUT2D eigenvalue weighted by molar-refractivity contribution is 0.0972. The minimum absolute atomic E-state index is 0.105. The second-order valence-corrected chi connectivity index (χ2v) is 7.03. The molecule has 0 aliphatic rings. The van der Waals surface area contributed by atoms with Crippen molar-refractivity contribution in [1.82, 2.24) is 10.6 Å². The van der Waals surface area contributed by atoms with E-state index in [2.05, 4.69) is 60.7 Å². The first-order valence-corrected chi connectivity index (χ1v) is 9.41. The number of hydrogen-bond acceptors (Lipinski definition) is 3. The van der Waals surface area contributed by atoms with E-state index in [9.17, 15) is 4.79 Å². The summed E-state index contributed by atoms with van der Waals surface area (Å²) in [5, 5.41) is 6.63. The summed E-state index contributed by atoms with van der Waals surface area (Å²) in [6, 6.07) is 12.1. The number of hydrogen-bond donors (Lipinski definition) is 3. The van der Waals surface area contributed by atoms with Crippen molar-refractivity contribution in [1.29, 1.82) is 0 Å². The van der Waals surface area contributed by atoms with Gasteiger partial charge in [0.05, 0.1) is 6.04 Å². The summed E-state index contributed by atoms with van der Waals surface area (Å²) in [7, 11) is 0. The van der Waals surface area contributed by atoms with Crippen molar-refractivity contribution in [2.75, 3.05) is 6.54 Å². The van der Waals surface area contributed by atoms with Gasteiger partial charge in [0.15, 0.2) is 11.7 Å². The number of furan rings is 1. The number of primary amides is 1. The number of aliphatic imine (C=N–C) groups is 1. The molecule has 0 bridgehead atoms. The van der Waals surface area contributed by atoms with E-state index >= 15 is 0 Å². The number of guanidine groups is 1. The molecule has 0 aliphatic heterocycles. The molecule has 1 aromatic heterocycles. The monoisotopic (exact) mass is 370 g/mol. The predicted octanol–water partition coefficient (Wildman–Crippen LogP) is 3.39. The van der Waals surface area contributed by atoms with E-state index < -0.39 is 5.91 Å². The molecular formula is C21H30N4O2. The van der Waals surface area contributed by atoms with Crippen molar-refractivity contribution in [3.05, 3.63) is 59.0 Å². The van der Waals surface area contributed by atoms with Gasteiger partial charge in [0, 0.05) is 6.54 Å². The first kappa shape index (κ1) is 20.6. The fraction of sp³-hybridized carbons (Fsp3) is 0.429. The van der Waals surface area contributed by atoms with Crippen LogP contribution in [0.2, 0.25) is 0 Å². The second-order valence-electron chi connectivity index (χ2n) is 7.03. The average Bonchev–Trinajstić information content (AvgIpc) is 3.09. The van der Waals surface area contributed by atoms with Crippen molar-refractivity contribution in [3.8, 4) is 0 Å². The Morgan fingerprint density at radius 2 is 1.85 bits per heavy atom. The first-order valence-electron chi connectivity index (χ1n) is 9.41. The number of benzene rings is 1. The number of amides is 1. The lowest BCUT2D eigenvalue weighted by Gasteiger charge is -2.18. The van der Waals surface area contributed by atoms with Gasteiger partial charge in [0.1, 0.15) is 12.3 Å². The number of nitrogens with zero attached hydrogens (tertiary/aromatic N) is 1. The summed E-state index contributed by atoms with van der Waals surface area (Å²) in [6.07, 6.45) is 1.09. The van der Waals surface area contributed by atoms with E-state index in [0.29, 0.717) is 24.2 Å². The standard InChI is InChI=1S/C21H30N4O2/c1-5-23-21(24-13-18-10-11-19(27-18)20(22)26)25-15(4)17-8-6-16(7-9-17)12-14(2)3/h6-11,14-15H,5,12-13H2,1-4H3,(H2,22,26)(H2,23,24,25). The van der Waals surface area contributed by atoms with Crippen molar-refractivity contribution in [3.63, 3.8) is 0 Å². The molecule has 1 aromatic carbocycles. The van der Waals surface area contributed by atoms with Gasteiger partial charge in [-0.2, -0.15) is 0 Å². The van der Waals surface area contributed by atoms with Gasteiger partial charge in [-0.1, -0.05) is 38.1 Å². The molecule has 0 spiro atoms. The van der Waals surface area contributed by atoms with Crippen molar-refractivity contribution in [2.45, 2.75) is 46.7 Å². The maximum absolute atomic E-state index is 11.1. The van der Waals surface area contributed by atoms with E-state index in [1.54, 1.807) is 12.1 Å². The Balaban J connectivity index is 2.01. The van der Waals surface area contributed by atoms with Gasteiger partial charge >= 0.3 is 0 Å². The zero-order valence-electron chi connectivity index (χ0n) is 16.6. The highest BCUT2D eigenvalue weighted by Crippen LogP contribution is 2.16. The molecular weight excluding hydrogens is 340 g/mol. The molecule has 6 heteroatoms. The third kappa shape index (κ3) is 6.47. The highest BCUT2D eigenvalue weighted by Gasteiger charge is 2.10. The Hall–Kier alpha value is -2.76. The maximum atomic E-state index is 11.1. The molecule has 0 aliphatic carbocycles. The quantitative estimate of drug-likeness (QED) is 0.490. The van der Waals surface area contributed by atoms with E-state index in [0.717, 1.165) is 13.0 Å². The summed E-state index contributed by atoms with van der Waals surface area (Å²) >= 11 is 0. The predicted molar refractivity (Wildman–Crippen MR) is 109 cm³/mol. The number of carbonyl (C=O) groups is 1. The zero-order valence-corrected chi connectivity index (χ0v) is 16.6. The Morgan fingerprint density at radius 1 is 1.15 bits per heavy atom. The lowest BCUT2D eigenvalue weighted by atomic mass is 10.00. The fourth-order valence-electron chi connectivity index (χ4n) is 2.77. The smallest absolute Gasteiger partial charge is 0.284 e. The van der Waals surface area contributed by atoms with Gasteiger partial charge < -0.3 is 20.8 Å². The van der Waals surface area contributed by atoms with Crippen molar-refractivity contribution in [2.24, 2.45) is 16.6 Å². The van der Waals surface area contributed by atoms with Crippen LogP contribution in [-0.4, -0.2) is 18.4 Å². The third-order valence-corrected chi connectivity index (χ3v) is 4.12. The maximum Gasteiger partial charge on any atom is 0.284 e. The van der Waals surface area contributed by atoms with E-state index in [1.807, 2.05) is 6.92 Å². The fourth-order valence-corrected chi connectivity index (χ4v) is 2.77. The van der Waals surface area contributed by atoms with E-state index in [1.165, 1.54) is 11.1 Å². The van der Waals surface area contributed by atoms with Crippen molar-refractivity contribution < 1.29 is 9.21 Å². The number of nitrogens with one attached hydrogen (secondary N) is 2. The van der Waals surface area contributed by atoms with Crippen LogP contribution in [0.25, 0.3) is 0 Å². The summed E-state index contributed by atoms with van der Waals surface area (Å²) in [5.74, 6) is 1.49. The topological polar surface area (TPSA) is 92.6 Å². The Bertz CT molecular complexity index is 763. The molecule has 146 valence electrons. The van der Waals surface area contributed by atoms with Crippen LogP contribution < -0.4 is 16.4 Å². The van der Waals surface area contributed by atoms with Crippen LogP contribution in [-0.2, 0) is 13.0 Å². The van der Waals surface area contributed by atoms with Crippen LogP contribution in [0.4, 0.5) is 0 Å². The molecule has 2 rings (SSSR count). The summed E-state index contributed by atoms with van der Waals surface area (Å²) < 4.78 is 5.37. The van der Waals surface area contributed by atoms with Gasteiger partial charge in [0.2, 0.25) is 0 Å².